The van der Waals surface area contributed by atoms with Gasteiger partial charge in [-0.1, -0.05) is 0 Å². The fraction of sp³-hybridized carbons (Fsp3) is 1.00. The second-order valence-corrected chi connectivity index (χ2v) is 6.13. The molecule has 0 aromatic rings. The van der Waals surface area contributed by atoms with Crippen molar-refractivity contribution in [2.24, 2.45) is 28.9 Å². The van der Waals surface area contributed by atoms with Gasteiger partial charge in [0.15, 0.2) is 0 Å². The van der Waals surface area contributed by atoms with E-state index in [2.05, 4.69) is 0 Å². The summed E-state index contributed by atoms with van der Waals surface area (Å²) in [7, 11) is 0. The Labute approximate surface area is 92.6 Å². The van der Waals surface area contributed by atoms with E-state index >= 15 is 0 Å². The largest absolute Gasteiger partial charge is 0.381 e. The van der Waals surface area contributed by atoms with Crippen LogP contribution in [0.2, 0.25) is 0 Å². The zero-order valence-electron chi connectivity index (χ0n) is 9.58. The summed E-state index contributed by atoms with van der Waals surface area (Å²) >= 11 is 0. The van der Waals surface area contributed by atoms with Gasteiger partial charge in [0.25, 0.3) is 0 Å². The van der Waals surface area contributed by atoms with Crippen LogP contribution in [-0.4, -0.2) is 19.8 Å². The Morgan fingerprint density at radius 2 is 1.80 bits per heavy atom. The monoisotopic (exact) mass is 209 g/mol. The molecule has 1 saturated heterocycles. The smallest absolute Gasteiger partial charge is 0.0468 e. The van der Waals surface area contributed by atoms with Gasteiger partial charge in [0.2, 0.25) is 0 Å². The highest BCUT2D eigenvalue weighted by Crippen LogP contribution is 2.61. The van der Waals surface area contributed by atoms with Crippen molar-refractivity contribution in [3.05, 3.63) is 0 Å². The standard InChI is InChI=1S/C13H23NO/c14-9-13(7-11-5-12(11)8-13)6-10-1-3-15-4-2-10/h10-12H,1-9,14H2. The van der Waals surface area contributed by atoms with Gasteiger partial charge in [0, 0.05) is 13.2 Å². The van der Waals surface area contributed by atoms with Gasteiger partial charge in [-0.05, 0) is 68.2 Å². The molecule has 1 heterocycles. The second-order valence-electron chi connectivity index (χ2n) is 6.13. The molecule has 1 aliphatic heterocycles. The SMILES string of the molecule is NCC1(CC2CCOCC2)CC2CC2C1. The minimum absolute atomic E-state index is 0.537. The first kappa shape index (κ1) is 10.1. The predicted molar refractivity (Wildman–Crippen MR) is 60.5 cm³/mol. The molecule has 3 fully saturated rings. The molecule has 3 rings (SSSR count). The Hall–Kier alpha value is -0.0800. The first-order valence-corrected chi connectivity index (χ1v) is 6.59. The number of ether oxygens (including phenoxy) is 1. The highest BCUT2D eigenvalue weighted by atomic mass is 16.5. The van der Waals surface area contributed by atoms with E-state index in [1.807, 2.05) is 0 Å². The van der Waals surface area contributed by atoms with Crippen molar-refractivity contribution in [1.82, 2.24) is 0 Å². The Balaban J connectivity index is 1.59. The van der Waals surface area contributed by atoms with E-state index in [-0.39, 0.29) is 0 Å². The molecule has 0 aromatic carbocycles. The molecule has 2 aliphatic carbocycles. The van der Waals surface area contributed by atoms with Crippen molar-refractivity contribution < 1.29 is 4.74 Å². The first-order valence-electron chi connectivity index (χ1n) is 6.59. The lowest BCUT2D eigenvalue weighted by Crippen LogP contribution is -2.33. The zero-order chi connectivity index (χ0) is 10.3. The first-order chi connectivity index (χ1) is 7.31. The Kier molecular flexibility index (Phi) is 2.52. The van der Waals surface area contributed by atoms with Crippen LogP contribution in [0, 0.1) is 23.2 Å². The van der Waals surface area contributed by atoms with Gasteiger partial charge in [-0.25, -0.2) is 0 Å². The molecule has 86 valence electrons. The summed E-state index contributed by atoms with van der Waals surface area (Å²) in [6, 6.07) is 0. The second kappa shape index (κ2) is 3.74. The summed E-state index contributed by atoms with van der Waals surface area (Å²) in [4.78, 5) is 0. The molecule has 0 bridgehead atoms. The molecule has 2 saturated carbocycles. The molecule has 3 aliphatic rings. The fourth-order valence-corrected chi connectivity index (χ4v) is 3.99. The molecule has 0 aromatic heterocycles. The van der Waals surface area contributed by atoms with E-state index in [1.54, 1.807) is 0 Å². The normalized spacial score (nSPS) is 45.4. The van der Waals surface area contributed by atoms with Gasteiger partial charge in [0.05, 0.1) is 0 Å². The average Bonchev–Trinajstić information content (AvgIpc) is 2.89. The molecule has 2 unspecified atom stereocenters. The third-order valence-electron chi connectivity index (χ3n) is 4.96. The lowest BCUT2D eigenvalue weighted by Gasteiger charge is -2.35. The van der Waals surface area contributed by atoms with Gasteiger partial charge in [-0.2, -0.15) is 0 Å². The molecule has 2 N–H and O–H groups in total. The molecule has 2 nitrogen and oxygen atoms in total. The maximum atomic E-state index is 6.04. The van der Waals surface area contributed by atoms with E-state index in [0.29, 0.717) is 5.41 Å². The molecular formula is C13H23NO. The summed E-state index contributed by atoms with van der Waals surface area (Å²) in [5.74, 6) is 3.03. The number of nitrogens with two attached hydrogens (primary N) is 1. The number of rotatable bonds is 3. The number of hydrogen-bond acceptors (Lipinski definition) is 2. The van der Waals surface area contributed by atoms with Crippen molar-refractivity contribution in [1.29, 1.82) is 0 Å². The maximum Gasteiger partial charge on any atom is 0.0468 e. The van der Waals surface area contributed by atoms with Crippen LogP contribution in [0.25, 0.3) is 0 Å². The summed E-state index contributed by atoms with van der Waals surface area (Å²) in [5.41, 5.74) is 6.57. The van der Waals surface area contributed by atoms with Crippen molar-refractivity contribution in [3.8, 4) is 0 Å². The van der Waals surface area contributed by atoms with Gasteiger partial charge in [-0.3, -0.25) is 0 Å². The van der Waals surface area contributed by atoms with Crippen LogP contribution in [0.1, 0.15) is 38.5 Å². The van der Waals surface area contributed by atoms with Crippen LogP contribution in [-0.2, 0) is 4.74 Å². The lowest BCUT2D eigenvalue weighted by atomic mass is 9.74. The van der Waals surface area contributed by atoms with E-state index in [0.717, 1.165) is 37.5 Å². The topological polar surface area (TPSA) is 35.2 Å². The summed E-state index contributed by atoms with van der Waals surface area (Å²) in [6.45, 7) is 2.90. The molecule has 0 spiro atoms. The van der Waals surface area contributed by atoms with Crippen LogP contribution in [0.3, 0.4) is 0 Å². The van der Waals surface area contributed by atoms with Gasteiger partial charge in [0.1, 0.15) is 0 Å². The van der Waals surface area contributed by atoms with Crippen molar-refractivity contribution in [3.63, 3.8) is 0 Å². The quantitative estimate of drug-likeness (QED) is 0.773. The number of hydrogen-bond donors (Lipinski definition) is 1. The maximum absolute atomic E-state index is 6.04. The van der Waals surface area contributed by atoms with Gasteiger partial charge in [-0.15, -0.1) is 0 Å². The summed E-state index contributed by atoms with van der Waals surface area (Å²) < 4.78 is 5.43. The van der Waals surface area contributed by atoms with Crippen molar-refractivity contribution in [2.45, 2.75) is 38.5 Å². The van der Waals surface area contributed by atoms with Crippen LogP contribution in [0.15, 0.2) is 0 Å². The third kappa shape index (κ3) is 1.94. The molecular weight excluding hydrogens is 186 g/mol. The lowest BCUT2D eigenvalue weighted by molar-refractivity contribution is 0.0463. The van der Waals surface area contributed by atoms with Crippen LogP contribution < -0.4 is 5.73 Å². The molecule has 0 radical (unpaired) electrons. The van der Waals surface area contributed by atoms with Crippen molar-refractivity contribution >= 4 is 0 Å². The third-order valence-corrected chi connectivity index (χ3v) is 4.96. The molecule has 0 amide bonds. The van der Waals surface area contributed by atoms with Crippen LogP contribution in [0.4, 0.5) is 0 Å². The minimum atomic E-state index is 0.537. The zero-order valence-corrected chi connectivity index (χ0v) is 9.58. The highest BCUT2D eigenvalue weighted by Gasteiger charge is 2.53. The van der Waals surface area contributed by atoms with E-state index in [4.69, 9.17) is 10.5 Å². The predicted octanol–water partition coefficient (Wildman–Crippen LogP) is 2.18. The molecule has 15 heavy (non-hydrogen) atoms. The van der Waals surface area contributed by atoms with E-state index < -0.39 is 0 Å². The van der Waals surface area contributed by atoms with Gasteiger partial charge < -0.3 is 10.5 Å². The summed E-state index contributed by atoms with van der Waals surface area (Å²) in [5, 5.41) is 0. The minimum Gasteiger partial charge on any atom is -0.381 e. The molecule has 2 atom stereocenters. The summed E-state index contributed by atoms with van der Waals surface area (Å²) in [6.07, 6.45) is 8.32. The van der Waals surface area contributed by atoms with Crippen molar-refractivity contribution in [2.75, 3.05) is 19.8 Å². The van der Waals surface area contributed by atoms with E-state index in [1.165, 1.54) is 38.5 Å². The highest BCUT2D eigenvalue weighted by molar-refractivity contribution is 5.04. The van der Waals surface area contributed by atoms with E-state index in [9.17, 15) is 0 Å². The van der Waals surface area contributed by atoms with Gasteiger partial charge >= 0.3 is 0 Å². The Morgan fingerprint density at radius 3 is 2.40 bits per heavy atom. The fourth-order valence-electron chi connectivity index (χ4n) is 3.99. The van der Waals surface area contributed by atoms with Crippen LogP contribution >= 0.6 is 0 Å². The number of fused-ring (bicyclic) bond motifs is 1. The van der Waals surface area contributed by atoms with Crippen LogP contribution in [0.5, 0.6) is 0 Å². The molecule has 2 heteroatoms. The Morgan fingerprint density at radius 1 is 1.13 bits per heavy atom. The Bertz CT molecular complexity index is 225. The average molecular weight is 209 g/mol.